The second-order valence-corrected chi connectivity index (χ2v) is 4.63. The van der Waals surface area contributed by atoms with Crippen LogP contribution < -0.4 is 5.32 Å². The van der Waals surface area contributed by atoms with Gasteiger partial charge in [0.2, 0.25) is 0 Å². The molecule has 0 aliphatic rings. The van der Waals surface area contributed by atoms with Crippen LogP contribution in [0.25, 0.3) is 0 Å². The van der Waals surface area contributed by atoms with Gasteiger partial charge in [0, 0.05) is 18.1 Å². The number of rotatable bonds is 4. The van der Waals surface area contributed by atoms with Crippen molar-refractivity contribution in [3.05, 3.63) is 34.0 Å². The Morgan fingerprint density at radius 2 is 2.22 bits per heavy atom. The van der Waals surface area contributed by atoms with Crippen LogP contribution in [0.2, 0.25) is 0 Å². The predicted octanol–water partition coefficient (Wildman–Crippen LogP) is 2.13. The normalized spacial score (nSPS) is 12.0. The molecule has 0 bridgehead atoms. The number of alkyl halides is 3. The first-order valence-corrected chi connectivity index (χ1v) is 6.04. The summed E-state index contributed by atoms with van der Waals surface area (Å²) in [5.41, 5.74) is -0.0322. The zero-order chi connectivity index (χ0) is 13.2. The molecule has 4 nitrogen and oxygen atoms in total. The Morgan fingerprint density at radius 1 is 1.44 bits per heavy atom. The lowest BCUT2D eigenvalue weighted by Crippen LogP contribution is -2.06. The number of aromatic nitrogens is 3. The van der Waals surface area contributed by atoms with E-state index >= 15 is 0 Å². The lowest BCUT2D eigenvalue weighted by Gasteiger charge is -2.01. The highest BCUT2D eigenvalue weighted by Gasteiger charge is 2.32. The van der Waals surface area contributed by atoms with Crippen LogP contribution in [0.5, 0.6) is 0 Å². The van der Waals surface area contributed by atoms with Crippen molar-refractivity contribution in [3.63, 3.8) is 0 Å². The van der Waals surface area contributed by atoms with E-state index in [0.717, 1.165) is 17.4 Å². The molecule has 1 N–H and O–H groups in total. The van der Waals surface area contributed by atoms with Gasteiger partial charge in [-0.15, -0.1) is 11.3 Å². The molecule has 0 radical (unpaired) electrons. The quantitative estimate of drug-likeness (QED) is 0.930. The first-order valence-electron chi connectivity index (χ1n) is 5.16. The standard InChI is InChI=1S/C10H11F3N4S/c1-14-3-9-16-8(6-18-9)5-17-4-7(2-15-17)10(11,12)13/h2,4,6,14H,3,5H2,1H3. The maximum atomic E-state index is 12.4. The van der Waals surface area contributed by atoms with Crippen molar-refractivity contribution < 1.29 is 13.2 Å². The average molecular weight is 276 g/mol. The highest BCUT2D eigenvalue weighted by molar-refractivity contribution is 7.09. The fraction of sp³-hybridized carbons (Fsp3) is 0.400. The highest BCUT2D eigenvalue weighted by Crippen LogP contribution is 2.28. The lowest BCUT2D eigenvalue weighted by molar-refractivity contribution is -0.137. The zero-order valence-corrected chi connectivity index (χ0v) is 10.3. The van der Waals surface area contributed by atoms with Gasteiger partial charge >= 0.3 is 6.18 Å². The summed E-state index contributed by atoms with van der Waals surface area (Å²) in [7, 11) is 1.81. The first kappa shape index (κ1) is 13.0. The van der Waals surface area contributed by atoms with E-state index in [1.54, 1.807) is 0 Å². The van der Waals surface area contributed by atoms with Crippen molar-refractivity contribution in [2.75, 3.05) is 7.05 Å². The number of hydrogen-bond donors (Lipinski definition) is 1. The van der Waals surface area contributed by atoms with Crippen LogP contribution in [-0.4, -0.2) is 21.8 Å². The van der Waals surface area contributed by atoms with Gasteiger partial charge < -0.3 is 5.32 Å². The summed E-state index contributed by atoms with van der Waals surface area (Å²) < 4.78 is 38.3. The van der Waals surface area contributed by atoms with E-state index < -0.39 is 11.7 Å². The van der Waals surface area contributed by atoms with Gasteiger partial charge in [-0.05, 0) is 7.05 Å². The molecule has 0 aromatic carbocycles. The third kappa shape index (κ3) is 3.08. The second-order valence-electron chi connectivity index (χ2n) is 3.69. The van der Waals surface area contributed by atoms with Crippen molar-refractivity contribution in [3.8, 4) is 0 Å². The molecule has 0 saturated heterocycles. The van der Waals surface area contributed by atoms with Crippen LogP contribution in [-0.2, 0) is 19.3 Å². The monoisotopic (exact) mass is 276 g/mol. The fourth-order valence-electron chi connectivity index (χ4n) is 1.42. The average Bonchev–Trinajstić information content (AvgIpc) is 2.88. The van der Waals surface area contributed by atoms with Gasteiger partial charge in [0.1, 0.15) is 5.01 Å². The molecule has 0 atom stereocenters. The maximum Gasteiger partial charge on any atom is 0.419 e. The van der Waals surface area contributed by atoms with E-state index in [2.05, 4.69) is 15.4 Å². The molecule has 2 aromatic rings. The van der Waals surface area contributed by atoms with Gasteiger partial charge in [-0.25, -0.2) is 4.98 Å². The van der Waals surface area contributed by atoms with Crippen LogP contribution in [0, 0.1) is 0 Å². The van der Waals surface area contributed by atoms with Crippen molar-refractivity contribution in [1.29, 1.82) is 0 Å². The Kier molecular flexibility index (Phi) is 3.67. The molecular weight excluding hydrogens is 265 g/mol. The van der Waals surface area contributed by atoms with Gasteiger partial charge in [-0.3, -0.25) is 4.68 Å². The minimum Gasteiger partial charge on any atom is -0.314 e. The molecule has 2 rings (SSSR count). The topological polar surface area (TPSA) is 42.7 Å². The number of halogens is 3. The summed E-state index contributed by atoms with van der Waals surface area (Å²) in [5.74, 6) is 0. The van der Waals surface area contributed by atoms with Crippen LogP contribution in [0.1, 0.15) is 16.3 Å². The molecule has 18 heavy (non-hydrogen) atoms. The minimum absolute atomic E-state index is 0.246. The zero-order valence-electron chi connectivity index (χ0n) is 9.53. The predicted molar refractivity (Wildman–Crippen MR) is 61.2 cm³/mol. The number of nitrogens with zero attached hydrogens (tertiary/aromatic N) is 3. The molecule has 2 heterocycles. The minimum atomic E-state index is -4.35. The first-order chi connectivity index (χ1) is 8.49. The van der Waals surface area contributed by atoms with E-state index in [9.17, 15) is 13.2 Å². The molecule has 98 valence electrons. The van der Waals surface area contributed by atoms with Crippen LogP contribution in [0.15, 0.2) is 17.8 Å². The van der Waals surface area contributed by atoms with Gasteiger partial charge in [0.25, 0.3) is 0 Å². The second kappa shape index (κ2) is 5.07. The smallest absolute Gasteiger partial charge is 0.314 e. The van der Waals surface area contributed by atoms with E-state index in [1.807, 2.05) is 12.4 Å². The molecule has 0 spiro atoms. The Hall–Kier alpha value is -1.41. The maximum absolute atomic E-state index is 12.4. The summed E-state index contributed by atoms with van der Waals surface area (Å²) in [4.78, 5) is 4.28. The Balaban J connectivity index is 2.06. The van der Waals surface area contributed by atoms with Crippen LogP contribution >= 0.6 is 11.3 Å². The van der Waals surface area contributed by atoms with Crippen molar-refractivity contribution >= 4 is 11.3 Å². The van der Waals surface area contributed by atoms with E-state index in [0.29, 0.717) is 12.2 Å². The molecule has 2 aromatic heterocycles. The summed E-state index contributed by atoms with van der Waals surface area (Å²) in [6.45, 7) is 0.897. The van der Waals surface area contributed by atoms with E-state index in [1.165, 1.54) is 16.0 Å². The number of hydrogen-bond acceptors (Lipinski definition) is 4. The van der Waals surface area contributed by atoms with Crippen LogP contribution in [0.3, 0.4) is 0 Å². The van der Waals surface area contributed by atoms with Crippen molar-refractivity contribution in [1.82, 2.24) is 20.1 Å². The number of nitrogens with one attached hydrogen (secondary N) is 1. The summed E-state index contributed by atoms with van der Waals surface area (Å²) >= 11 is 1.47. The molecular formula is C10H11F3N4S. The van der Waals surface area contributed by atoms with Gasteiger partial charge in [0.05, 0.1) is 24.0 Å². The molecule has 0 aliphatic heterocycles. The summed E-state index contributed by atoms with van der Waals surface area (Å²) in [6.07, 6.45) is -2.55. The van der Waals surface area contributed by atoms with Gasteiger partial charge in [-0.2, -0.15) is 18.3 Å². The van der Waals surface area contributed by atoms with E-state index in [4.69, 9.17) is 0 Å². The van der Waals surface area contributed by atoms with Gasteiger partial charge in [0.15, 0.2) is 0 Å². The van der Waals surface area contributed by atoms with E-state index in [-0.39, 0.29) is 6.54 Å². The fourth-order valence-corrected chi connectivity index (χ4v) is 2.21. The SMILES string of the molecule is CNCc1nc(Cn2cc(C(F)(F)F)cn2)cs1. The van der Waals surface area contributed by atoms with Crippen molar-refractivity contribution in [2.24, 2.45) is 0 Å². The third-order valence-electron chi connectivity index (χ3n) is 2.21. The third-order valence-corrected chi connectivity index (χ3v) is 3.11. The molecule has 0 amide bonds. The number of thiazole rings is 1. The largest absolute Gasteiger partial charge is 0.419 e. The molecule has 0 aliphatic carbocycles. The van der Waals surface area contributed by atoms with Crippen molar-refractivity contribution in [2.45, 2.75) is 19.3 Å². The molecule has 8 heteroatoms. The Bertz CT molecular complexity index is 517. The summed E-state index contributed by atoms with van der Waals surface area (Å²) in [5, 5.41) is 9.36. The Labute approximate surface area is 105 Å². The summed E-state index contributed by atoms with van der Waals surface area (Å²) in [6, 6.07) is 0. The molecule has 0 fully saturated rings. The molecule has 0 unspecified atom stereocenters. The Morgan fingerprint density at radius 3 is 2.83 bits per heavy atom. The molecule has 0 saturated carbocycles. The van der Waals surface area contributed by atoms with Gasteiger partial charge in [-0.1, -0.05) is 0 Å². The lowest BCUT2D eigenvalue weighted by atomic mass is 10.3. The van der Waals surface area contributed by atoms with Crippen LogP contribution in [0.4, 0.5) is 13.2 Å². The highest BCUT2D eigenvalue weighted by atomic mass is 32.1.